The van der Waals surface area contributed by atoms with Gasteiger partial charge in [-0.3, -0.25) is 0 Å². The molecule has 3 aromatic carbocycles. The van der Waals surface area contributed by atoms with Gasteiger partial charge in [0.25, 0.3) is 0 Å². The fraction of sp³-hybridized carbons (Fsp3) is 0.143. The highest BCUT2D eigenvalue weighted by Crippen LogP contribution is 2.32. The van der Waals surface area contributed by atoms with E-state index in [1.807, 2.05) is 49.5 Å². The molecule has 0 fully saturated rings. The van der Waals surface area contributed by atoms with Crippen molar-refractivity contribution < 1.29 is 9.15 Å². The van der Waals surface area contributed by atoms with E-state index in [1.54, 1.807) is 7.11 Å². The van der Waals surface area contributed by atoms with Crippen LogP contribution >= 0.6 is 0 Å². The van der Waals surface area contributed by atoms with Gasteiger partial charge in [0, 0.05) is 35.7 Å². The molecule has 0 amide bonds. The van der Waals surface area contributed by atoms with E-state index in [0.29, 0.717) is 0 Å². The SMILES string of the molecule is CNc1ccc2oc3ccc(NCc4cccc(OC)c4)cc3c2c1. The molecule has 0 saturated carbocycles. The zero-order valence-corrected chi connectivity index (χ0v) is 14.3. The van der Waals surface area contributed by atoms with Crippen molar-refractivity contribution in [2.24, 2.45) is 0 Å². The Kier molecular flexibility index (Phi) is 3.94. The minimum absolute atomic E-state index is 0.736. The summed E-state index contributed by atoms with van der Waals surface area (Å²) in [4.78, 5) is 0. The Labute approximate surface area is 146 Å². The van der Waals surface area contributed by atoms with Crippen LogP contribution in [0, 0.1) is 0 Å². The molecule has 1 heterocycles. The normalized spacial score (nSPS) is 11.0. The largest absolute Gasteiger partial charge is 0.497 e. The maximum Gasteiger partial charge on any atom is 0.135 e. The van der Waals surface area contributed by atoms with Crippen LogP contribution in [0.25, 0.3) is 21.9 Å². The van der Waals surface area contributed by atoms with Gasteiger partial charge in [-0.15, -0.1) is 0 Å². The number of methoxy groups -OCH3 is 1. The third kappa shape index (κ3) is 2.98. The van der Waals surface area contributed by atoms with Crippen LogP contribution < -0.4 is 15.4 Å². The van der Waals surface area contributed by atoms with Crippen LogP contribution in [0.1, 0.15) is 5.56 Å². The first-order chi connectivity index (χ1) is 12.3. The molecule has 2 N–H and O–H groups in total. The zero-order valence-electron chi connectivity index (χ0n) is 14.3. The second kappa shape index (κ2) is 6.40. The number of rotatable bonds is 5. The summed E-state index contributed by atoms with van der Waals surface area (Å²) in [5.41, 5.74) is 5.11. The Morgan fingerprint density at radius 3 is 2.32 bits per heavy atom. The zero-order chi connectivity index (χ0) is 17.2. The number of furan rings is 1. The van der Waals surface area contributed by atoms with Crippen molar-refractivity contribution in [3.8, 4) is 5.75 Å². The highest BCUT2D eigenvalue weighted by atomic mass is 16.5. The molecule has 0 bridgehead atoms. The van der Waals surface area contributed by atoms with E-state index >= 15 is 0 Å². The molecule has 4 aromatic rings. The molecule has 4 rings (SSSR count). The molecule has 0 radical (unpaired) electrons. The van der Waals surface area contributed by atoms with Crippen LogP contribution in [0.2, 0.25) is 0 Å². The molecule has 0 saturated heterocycles. The molecule has 0 unspecified atom stereocenters. The van der Waals surface area contributed by atoms with Gasteiger partial charge in [0.1, 0.15) is 16.9 Å². The van der Waals surface area contributed by atoms with E-state index in [-0.39, 0.29) is 0 Å². The first-order valence-corrected chi connectivity index (χ1v) is 8.28. The third-order valence-corrected chi connectivity index (χ3v) is 4.39. The lowest BCUT2D eigenvalue weighted by Crippen LogP contribution is -1.99. The standard InChI is InChI=1S/C21H20N2O2/c1-22-15-6-8-20-18(11-15)19-12-16(7-9-21(19)25-20)23-13-14-4-3-5-17(10-14)24-2/h3-12,22-23H,13H2,1-2H3. The number of benzene rings is 3. The molecule has 0 aliphatic carbocycles. The summed E-state index contributed by atoms with van der Waals surface area (Å²) in [6, 6.07) is 20.4. The van der Waals surface area contributed by atoms with Crippen LogP contribution in [0.3, 0.4) is 0 Å². The fourth-order valence-electron chi connectivity index (χ4n) is 3.03. The number of hydrogen-bond acceptors (Lipinski definition) is 4. The fourth-order valence-corrected chi connectivity index (χ4v) is 3.03. The van der Waals surface area contributed by atoms with Gasteiger partial charge >= 0.3 is 0 Å². The first kappa shape index (κ1) is 15.4. The first-order valence-electron chi connectivity index (χ1n) is 8.28. The van der Waals surface area contributed by atoms with Gasteiger partial charge in [0.05, 0.1) is 7.11 Å². The van der Waals surface area contributed by atoms with Gasteiger partial charge in [-0.2, -0.15) is 0 Å². The second-order valence-corrected chi connectivity index (χ2v) is 5.98. The lowest BCUT2D eigenvalue weighted by molar-refractivity contribution is 0.414. The van der Waals surface area contributed by atoms with Crippen LogP contribution in [0.4, 0.5) is 11.4 Å². The summed E-state index contributed by atoms with van der Waals surface area (Å²) in [6.07, 6.45) is 0. The van der Waals surface area contributed by atoms with Gasteiger partial charge < -0.3 is 19.8 Å². The summed E-state index contributed by atoms with van der Waals surface area (Å²) in [5.74, 6) is 0.871. The van der Waals surface area contributed by atoms with Crippen LogP contribution in [-0.2, 0) is 6.54 Å². The number of hydrogen-bond donors (Lipinski definition) is 2. The molecule has 25 heavy (non-hydrogen) atoms. The predicted molar refractivity (Wildman–Crippen MR) is 104 cm³/mol. The molecular weight excluding hydrogens is 312 g/mol. The van der Waals surface area contributed by atoms with Crippen molar-refractivity contribution in [1.82, 2.24) is 0 Å². The van der Waals surface area contributed by atoms with E-state index in [1.165, 1.54) is 5.56 Å². The third-order valence-electron chi connectivity index (χ3n) is 4.39. The summed E-state index contributed by atoms with van der Waals surface area (Å²) in [7, 11) is 3.61. The molecule has 0 aliphatic rings. The van der Waals surface area contributed by atoms with Crippen molar-refractivity contribution in [2.45, 2.75) is 6.54 Å². The number of ether oxygens (including phenoxy) is 1. The van der Waals surface area contributed by atoms with E-state index in [2.05, 4.69) is 28.8 Å². The van der Waals surface area contributed by atoms with Gasteiger partial charge in [-0.1, -0.05) is 12.1 Å². The van der Waals surface area contributed by atoms with E-state index < -0.39 is 0 Å². The Morgan fingerprint density at radius 2 is 1.60 bits per heavy atom. The number of anilines is 2. The van der Waals surface area contributed by atoms with E-state index in [4.69, 9.17) is 9.15 Å². The van der Waals surface area contributed by atoms with Crippen LogP contribution in [0.15, 0.2) is 65.1 Å². The Bertz CT molecular complexity index is 1040. The molecule has 4 heteroatoms. The Hall–Kier alpha value is -3.14. The van der Waals surface area contributed by atoms with Gasteiger partial charge in [0.2, 0.25) is 0 Å². The van der Waals surface area contributed by atoms with Gasteiger partial charge in [-0.25, -0.2) is 0 Å². The molecule has 0 atom stereocenters. The monoisotopic (exact) mass is 332 g/mol. The topological polar surface area (TPSA) is 46.4 Å². The van der Waals surface area contributed by atoms with Crippen molar-refractivity contribution in [1.29, 1.82) is 0 Å². The minimum Gasteiger partial charge on any atom is -0.497 e. The lowest BCUT2D eigenvalue weighted by atomic mass is 10.1. The Morgan fingerprint density at radius 1 is 0.880 bits per heavy atom. The van der Waals surface area contributed by atoms with Crippen LogP contribution in [-0.4, -0.2) is 14.2 Å². The minimum atomic E-state index is 0.736. The van der Waals surface area contributed by atoms with E-state index in [9.17, 15) is 0 Å². The highest BCUT2D eigenvalue weighted by molar-refractivity contribution is 6.07. The molecule has 126 valence electrons. The second-order valence-electron chi connectivity index (χ2n) is 5.98. The summed E-state index contributed by atoms with van der Waals surface area (Å²) in [5, 5.41) is 8.88. The summed E-state index contributed by atoms with van der Waals surface area (Å²) < 4.78 is 11.2. The van der Waals surface area contributed by atoms with Crippen molar-refractivity contribution in [2.75, 3.05) is 24.8 Å². The average molecular weight is 332 g/mol. The molecular formula is C21H20N2O2. The summed E-state index contributed by atoms with van der Waals surface area (Å²) in [6.45, 7) is 0.736. The predicted octanol–water partition coefficient (Wildman–Crippen LogP) is 5.25. The number of nitrogens with one attached hydrogen (secondary N) is 2. The summed E-state index contributed by atoms with van der Waals surface area (Å²) >= 11 is 0. The van der Waals surface area contributed by atoms with Gasteiger partial charge in [-0.05, 0) is 54.1 Å². The Balaban J connectivity index is 1.64. The van der Waals surface area contributed by atoms with Gasteiger partial charge in [0.15, 0.2) is 0 Å². The van der Waals surface area contributed by atoms with E-state index in [0.717, 1.165) is 45.6 Å². The van der Waals surface area contributed by atoms with Crippen molar-refractivity contribution >= 4 is 33.3 Å². The smallest absolute Gasteiger partial charge is 0.135 e. The van der Waals surface area contributed by atoms with Crippen molar-refractivity contribution in [3.63, 3.8) is 0 Å². The average Bonchev–Trinajstić information content (AvgIpc) is 3.03. The van der Waals surface area contributed by atoms with Crippen LogP contribution in [0.5, 0.6) is 5.75 Å². The molecule has 0 aliphatic heterocycles. The maximum absolute atomic E-state index is 5.93. The lowest BCUT2D eigenvalue weighted by Gasteiger charge is -2.08. The molecule has 1 aromatic heterocycles. The quantitative estimate of drug-likeness (QED) is 0.524. The number of fused-ring (bicyclic) bond motifs is 3. The van der Waals surface area contributed by atoms with Crippen molar-refractivity contribution in [3.05, 3.63) is 66.2 Å². The molecule has 4 nitrogen and oxygen atoms in total. The maximum atomic E-state index is 5.93. The molecule has 0 spiro atoms. The highest BCUT2D eigenvalue weighted by Gasteiger charge is 2.08.